The van der Waals surface area contributed by atoms with E-state index >= 15 is 0 Å². The number of nitrogens with zero attached hydrogens (tertiary/aromatic N) is 4. The van der Waals surface area contributed by atoms with Gasteiger partial charge in [0.1, 0.15) is 17.3 Å². The van der Waals surface area contributed by atoms with E-state index in [0.29, 0.717) is 11.1 Å². The molecule has 0 bridgehead atoms. The molecule has 0 N–H and O–H groups in total. The van der Waals surface area contributed by atoms with Crippen LogP contribution >= 0.6 is 11.6 Å². The Morgan fingerprint density at radius 1 is 0.816 bits per heavy atom. The first-order valence-electron chi connectivity index (χ1n) is 13.3. The van der Waals surface area contributed by atoms with Crippen LogP contribution in [0.1, 0.15) is 43.9 Å². The lowest BCUT2D eigenvalue weighted by Crippen LogP contribution is -2.13. The summed E-state index contributed by atoms with van der Waals surface area (Å²) in [6, 6.07) is 27.3. The lowest BCUT2D eigenvalue weighted by atomic mass is 9.94. The molecule has 1 fully saturated rings. The van der Waals surface area contributed by atoms with Crippen molar-refractivity contribution in [1.82, 2.24) is 19.7 Å². The number of aromatic nitrogens is 4. The molecule has 3 heterocycles. The third-order valence-electron chi connectivity index (χ3n) is 7.72. The van der Waals surface area contributed by atoms with Crippen LogP contribution in [0.3, 0.4) is 0 Å². The van der Waals surface area contributed by atoms with Crippen molar-refractivity contribution < 1.29 is 4.52 Å². The van der Waals surface area contributed by atoms with E-state index in [9.17, 15) is 0 Å². The number of rotatable bonds is 4. The molecule has 0 spiro atoms. The molecule has 3 aromatic carbocycles. The van der Waals surface area contributed by atoms with Crippen molar-refractivity contribution in [2.75, 3.05) is 0 Å². The van der Waals surface area contributed by atoms with E-state index in [1.54, 1.807) is 0 Å². The number of benzene rings is 3. The molecule has 7 rings (SSSR count). The van der Waals surface area contributed by atoms with Gasteiger partial charge in [0.05, 0.1) is 27.8 Å². The monoisotopic (exact) mass is 518 g/mol. The molecule has 0 amide bonds. The first kappa shape index (κ1) is 23.2. The van der Waals surface area contributed by atoms with Crippen LogP contribution < -0.4 is 0 Å². The van der Waals surface area contributed by atoms with E-state index in [2.05, 4.69) is 64.3 Å². The quantitative estimate of drug-likeness (QED) is 0.233. The van der Waals surface area contributed by atoms with Crippen LogP contribution in [0, 0.1) is 6.92 Å². The van der Waals surface area contributed by atoms with Crippen molar-refractivity contribution in [2.45, 2.75) is 45.1 Å². The van der Waals surface area contributed by atoms with Crippen LogP contribution in [0.5, 0.6) is 0 Å². The van der Waals surface area contributed by atoms with Crippen LogP contribution in [0.25, 0.3) is 55.8 Å². The Hall–Kier alpha value is -3.96. The summed E-state index contributed by atoms with van der Waals surface area (Å²) < 4.78 is 8.07. The van der Waals surface area contributed by atoms with Gasteiger partial charge in [-0.05, 0) is 68.3 Å². The lowest BCUT2D eigenvalue weighted by molar-refractivity contribution is 0.362. The topological polar surface area (TPSA) is 56.7 Å². The molecule has 1 saturated carbocycles. The Morgan fingerprint density at radius 2 is 1.61 bits per heavy atom. The number of imidazole rings is 1. The first-order chi connectivity index (χ1) is 18.7. The molecule has 6 aromatic rings. The van der Waals surface area contributed by atoms with Gasteiger partial charge in [0, 0.05) is 27.6 Å². The van der Waals surface area contributed by atoms with Crippen molar-refractivity contribution in [2.24, 2.45) is 0 Å². The number of hydrogen-bond acceptors (Lipinski definition) is 4. The Kier molecular flexibility index (Phi) is 5.74. The molecule has 0 aliphatic heterocycles. The zero-order valence-corrected chi connectivity index (χ0v) is 21.9. The van der Waals surface area contributed by atoms with E-state index in [1.807, 2.05) is 31.2 Å². The van der Waals surface area contributed by atoms with Gasteiger partial charge in [-0.1, -0.05) is 66.4 Å². The smallest absolute Gasteiger partial charge is 0.143 e. The molecule has 1 aliphatic carbocycles. The van der Waals surface area contributed by atoms with Crippen molar-refractivity contribution in [3.05, 3.63) is 89.6 Å². The molecule has 0 atom stereocenters. The number of halogens is 1. The third kappa shape index (κ3) is 3.98. The third-order valence-corrected chi connectivity index (χ3v) is 7.97. The summed E-state index contributed by atoms with van der Waals surface area (Å²) in [7, 11) is 0. The van der Waals surface area contributed by atoms with Gasteiger partial charge in [0.15, 0.2) is 0 Å². The zero-order chi connectivity index (χ0) is 25.6. The second-order valence-corrected chi connectivity index (χ2v) is 10.6. The van der Waals surface area contributed by atoms with Gasteiger partial charge in [0.25, 0.3) is 0 Å². The van der Waals surface area contributed by atoms with Crippen molar-refractivity contribution in [3.8, 4) is 33.9 Å². The predicted octanol–water partition coefficient (Wildman–Crippen LogP) is 9.04. The fourth-order valence-corrected chi connectivity index (χ4v) is 5.97. The van der Waals surface area contributed by atoms with E-state index in [1.165, 1.54) is 37.6 Å². The summed E-state index contributed by atoms with van der Waals surface area (Å²) >= 11 is 6.10. The molecule has 0 radical (unpaired) electrons. The van der Waals surface area contributed by atoms with Crippen LogP contribution in [-0.4, -0.2) is 19.7 Å². The Bertz CT molecular complexity index is 1780. The maximum absolute atomic E-state index is 6.10. The largest absolute Gasteiger partial charge is 0.360 e. The van der Waals surface area contributed by atoms with Crippen molar-refractivity contribution in [3.63, 3.8) is 0 Å². The predicted molar refractivity (Wildman–Crippen MR) is 153 cm³/mol. The van der Waals surface area contributed by atoms with E-state index in [-0.39, 0.29) is 0 Å². The second-order valence-electron chi connectivity index (χ2n) is 10.2. The molecule has 0 unspecified atom stereocenters. The van der Waals surface area contributed by atoms with Crippen LogP contribution in [0.2, 0.25) is 5.02 Å². The Morgan fingerprint density at radius 3 is 2.45 bits per heavy atom. The van der Waals surface area contributed by atoms with Crippen LogP contribution in [0.4, 0.5) is 0 Å². The summed E-state index contributed by atoms with van der Waals surface area (Å²) in [5.74, 6) is 1.78. The molecule has 38 heavy (non-hydrogen) atoms. The molecular formula is C32H27ClN4O. The lowest BCUT2D eigenvalue weighted by Gasteiger charge is -2.25. The minimum absolute atomic E-state index is 0.491. The summed E-state index contributed by atoms with van der Waals surface area (Å²) in [6.45, 7) is 1.92. The molecule has 1 aliphatic rings. The zero-order valence-electron chi connectivity index (χ0n) is 21.2. The van der Waals surface area contributed by atoms with Gasteiger partial charge in [-0.25, -0.2) is 9.97 Å². The number of para-hydroxylation sites is 2. The van der Waals surface area contributed by atoms with Gasteiger partial charge >= 0.3 is 0 Å². The molecule has 3 aromatic heterocycles. The number of hydrogen-bond donors (Lipinski definition) is 0. The highest BCUT2D eigenvalue weighted by Gasteiger charge is 2.23. The Labute approximate surface area is 226 Å². The summed E-state index contributed by atoms with van der Waals surface area (Å²) in [5.41, 5.74) is 7.77. The molecular weight excluding hydrogens is 492 g/mol. The number of pyridine rings is 1. The summed E-state index contributed by atoms with van der Waals surface area (Å²) in [4.78, 5) is 10.1. The second kappa shape index (κ2) is 9.41. The minimum atomic E-state index is 0.491. The van der Waals surface area contributed by atoms with Gasteiger partial charge in [0.2, 0.25) is 0 Å². The van der Waals surface area contributed by atoms with E-state index in [4.69, 9.17) is 26.1 Å². The highest BCUT2D eigenvalue weighted by Crippen LogP contribution is 2.38. The maximum Gasteiger partial charge on any atom is 0.143 e. The number of fused-ring (bicyclic) bond motifs is 2. The molecule has 188 valence electrons. The number of aryl methyl sites for hydroxylation is 1. The first-order valence-corrected chi connectivity index (χ1v) is 13.6. The minimum Gasteiger partial charge on any atom is -0.360 e. The Balaban J connectivity index is 1.31. The summed E-state index contributed by atoms with van der Waals surface area (Å²) in [6.07, 6.45) is 6.30. The van der Waals surface area contributed by atoms with Crippen molar-refractivity contribution in [1.29, 1.82) is 0 Å². The van der Waals surface area contributed by atoms with Crippen molar-refractivity contribution >= 4 is 33.5 Å². The van der Waals surface area contributed by atoms with Crippen LogP contribution in [0.15, 0.2) is 83.4 Å². The average molecular weight is 519 g/mol. The molecule has 0 saturated heterocycles. The van der Waals surface area contributed by atoms with Gasteiger partial charge in [-0.15, -0.1) is 0 Å². The highest BCUT2D eigenvalue weighted by molar-refractivity contribution is 6.30. The fourth-order valence-electron chi connectivity index (χ4n) is 5.84. The molecule has 5 nitrogen and oxygen atoms in total. The van der Waals surface area contributed by atoms with E-state index in [0.717, 1.165) is 56.1 Å². The highest BCUT2D eigenvalue weighted by atomic mass is 35.5. The van der Waals surface area contributed by atoms with Gasteiger partial charge in [-0.3, -0.25) is 0 Å². The van der Waals surface area contributed by atoms with Crippen LogP contribution in [-0.2, 0) is 0 Å². The SMILES string of the molecule is Cc1onc(-c2ccc(Cl)cc2)c1-c1ccc2cc(-c3nc4ccccc4n3C3CCCCC3)ccc2n1. The molecule has 6 heteroatoms. The van der Waals surface area contributed by atoms with E-state index < -0.39 is 0 Å². The van der Waals surface area contributed by atoms with Gasteiger partial charge in [-0.2, -0.15) is 0 Å². The summed E-state index contributed by atoms with van der Waals surface area (Å²) in [5, 5.41) is 6.10. The van der Waals surface area contributed by atoms with Gasteiger partial charge < -0.3 is 9.09 Å². The standard InChI is InChI=1S/C32H27ClN4O/c1-20-30(31(36-38-20)21-11-15-24(33)16-12-21)28-18-13-22-19-23(14-17-26(22)34-28)32-35-27-9-5-6-10-29(27)37(32)25-7-3-2-4-8-25/h5-6,9-19,25H,2-4,7-8H2,1H3. The normalized spacial score (nSPS) is 14.5. The fraction of sp³-hybridized carbons (Fsp3) is 0.219. The maximum atomic E-state index is 6.10. The average Bonchev–Trinajstić information content (AvgIpc) is 3.54.